The summed E-state index contributed by atoms with van der Waals surface area (Å²) in [6, 6.07) is 44.0. The molecule has 0 radical (unpaired) electrons. The van der Waals surface area contributed by atoms with Crippen molar-refractivity contribution in [1.29, 1.82) is 0 Å². The summed E-state index contributed by atoms with van der Waals surface area (Å²) in [4.78, 5) is 0. The molecule has 0 aliphatic rings. The summed E-state index contributed by atoms with van der Waals surface area (Å²) in [7, 11) is 0.539. The van der Waals surface area contributed by atoms with E-state index >= 15 is 0 Å². The number of benzene rings is 4. The Kier molecular flexibility index (Phi) is 13.0. The average molecular weight is 644 g/mol. The monoisotopic (exact) mass is 641 g/mol. The number of rotatable bonds is 9. The maximum Gasteiger partial charge on any atom is -0.0195 e. The summed E-state index contributed by atoms with van der Waals surface area (Å²) >= 11 is 6.00. The van der Waals surface area contributed by atoms with Crippen molar-refractivity contribution in [3.8, 4) is 0 Å². The van der Waals surface area contributed by atoms with Gasteiger partial charge in [-0.15, -0.1) is 0 Å². The van der Waals surface area contributed by atoms with Crippen LogP contribution in [0.2, 0.25) is 0 Å². The standard InChI is InChI=1S/C28H27P2.2BrH.Ni/c1-5-15-25(16-6-1)29(26-17-7-2-8-18-26)23-13-14-24-30(27-19-9-3-10-20-27)28-21-11-4-12-22-28;;;/h1-12,15-23H,13-14,24H2;2*1H;/q-1;;;+3/p-2. The van der Waals surface area contributed by atoms with Crippen LogP contribution in [0.25, 0.3) is 0 Å². The minimum absolute atomic E-state index is 0.303. The molecule has 0 aromatic heterocycles. The molecule has 0 amide bonds. The summed E-state index contributed by atoms with van der Waals surface area (Å²) in [5.41, 5.74) is 0. The molecule has 0 saturated heterocycles. The van der Waals surface area contributed by atoms with Crippen molar-refractivity contribution < 1.29 is 10.9 Å². The molecule has 5 heteroatoms. The zero-order valence-corrected chi connectivity index (χ0v) is 24.2. The largest absolute Gasteiger partial charge is 0.294 e. The van der Waals surface area contributed by atoms with Crippen LogP contribution in [0.5, 0.6) is 0 Å². The van der Waals surface area contributed by atoms with Crippen molar-refractivity contribution in [2.75, 3.05) is 6.16 Å². The number of unbranched alkanes of at least 4 members (excludes halogenated alkanes) is 1. The second-order valence-corrected chi connectivity index (χ2v) is 16.7. The van der Waals surface area contributed by atoms with Gasteiger partial charge in [0.1, 0.15) is 0 Å². The first-order valence-corrected chi connectivity index (χ1v) is 18.6. The van der Waals surface area contributed by atoms with Gasteiger partial charge in [-0.1, -0.05) is 138 Å². The Morgan fingerprint density at radius 3 is 1.24 bits per heavy atom. The summed E-state index contributed by atoms with van der Waals surface area (Å²) in [5, 5.41) is 5.83. The van der Waals surface area contributed by atoms with Crippen molar-refractivity contribution in [1.82, 2.24) is 0 Å². The fourth-order valence-electron chi connectivity index (χ4n) is 3.63. The summed E-state index contributed by atoms with van der Waals surface area (Å²) in [6.45, 7) is 0. The normalized spacial score (nSPS) is 10.8. The topological polar surface area (TPSA) is 0 Å². The van der Waals surface area contributed by atoms with E-state index in [4.69, 9.17) is 0 Å². The van der Waals surface area contributed by atoms with Crippen LogP contribution in [-0.4, -0.2) is 6.16 Å². The van der Waals surface area contributed by atoms with Gasteiger partial charge in [0.05, 0.1) is 0 Å². The summed E-state index contributed by atoms with van der Waals surface area (Å²) < 4.78 is 0. The van der Waals surface area contributed by atoms with E-state index < -0.39 is 7.92 Å². The van der Waals surface area contributed by atoms with E-state index in [9.17, 15) is 0 Å². The SMILES string of the molecule is [Br][Ni+][Br].c1ccc(P([CH-]CCCP(c2ccccc2)c2ccccc2)c2ccccc2)cc1. The molecule has 0 aliphatic heterocycles. The molecule has 4 aromatic rings. The quantitative estimate of drug-likeness (QED) is 0.0754. The average Bonchev–Trinajstić information content (AvgIpc) is 2.89. The van der Waals surface area contributed by atoms with E-state index in [1.165, 1.54) is 44.7 Å². The van der Waals surface area contributed by atoms with Gasteiger partial charge in [0.2, 0.25) is 0 Å². The molecule has 0 unspecified atom stereocenters. The third-order valence-electron chi connectivity index (χ3n) is 5.10. The Morgan fingerprint density at radius 1 is 0.545 bits per heavy atom. The maximum absolute atomic E-state index is 3.00. The second-order valence-electron chi connectivity index (χ2n) is 7.23. The van der Waals surface area contributed by atoms with Crippen LogP contribution in [0, 0.1) is 6.16 Å². The number of hydrogen-bond donors (Lipinski definition) is 0. The molecule has 0 spiro atoms. The van der Waals surface area contributed by atoms with E-state index in [0.29, 0.717) is 0 Å². The van der Waals surface area contributed by atoms with Crippen molar-refractivity contribution in [3.05, 3.63) is 127 Å². The predicted octanol–water partition coefficient (Wildman–Crippen LogP) is 7.88. The van der Waals surface area contributed by atoms with E-state index in [2.05, 4.69) is 156 Å². The van der Waals surface area contributed by atoms with Crippen LogP contribution in [0.15, 0.2) is 121 Å². The molecular formula is C28H27Br2NiP2. The minimum Gasteiger partial charge on any atom is -0.294 e. The number of hydrogen-bond acceptors (Lipinski definition) is 0. The minimum atomic E-state index is -0.408. The molecule has 33 heavy (non-hydrogen) atoms. The predicted molar refractivity (Wildman–Crippen MR) is 154 cm³/mol. The fraction of sp³-hybridized carbons (Fsp3) is 0.107. The van der Waals surface area contributed by atoms with Gasteiger partial charge < -0.3 is 0 Å². The van der Waals surface area contributed by atoms with Gasteiger partial charge in [-0.25, -0.2) is 7.92 Å². The van der Waals surface area contributed by atoms with Crippen molar-refractivity contribution in [2.45, 2.75) is 12.8 Å². The zero-order valence-electron chi connectivity index (χ0n) is 18.2. The van der Waals surface area contributed by atoms with Crippen molar-refractivity contribution >= 4 is 65.5 Å². The van der Waals surface area contributed by atoms with E-state index in [1.54, 1.807) is 0 Å². The van der Waals surface area contributed by atoms with E-state index in [-0.39, 0.29) is 7.92 Å². The Labute approximate surface area is 221 Å². The summed E-state index contributed by atoms with van der Waals surface area (Å²) in [5.74, 6) is 0. The first-order valence-electron chi connectivity index (χ1n) is 10.8. The third kappa shape index (κ3) is 9.05. The van der Waals surface area contributed by atoms with Gasteiger partial charge in [0, 0.05) is 0 Å². The van der Waals surface area contributed by atoms with Crippen LogP contribution >= 0.6 is 44.3 Å². The third-order valence-corrected chi connectivity index (χ3v) is 10.0. The molecule has 4 rings (SSSR count). The first-order chi connectivity index (χ1) is 16.3. The van der Waals surface area contributed by atoms with E-state index in [1.807, 2.05) is 0 Å². The molecule has 173 valence electrons. The Hall–Kier alpha value is -0.806. The summed E-state index contributed by atoms with van der Waals surface area (Å²) in [6.07, 6.45) is 6.16. The van der Waals surface area contributed by atoms with Crippen molar-refractivity contribution in [2.24, 2.45) is 0 Å². The van der Waals surface area contributed by atoms with Crippen molar-refractivity contribution in [3.63, 3.8) is 0 Å². The fourth-order valence-corrected chi connectivity index (χ4v) is 8.15. The Balaban J connectivity index is 0.000000968. The van der Waals surface area contributed by atoms with Gasteiger partial charge in [-0.3, -0.25) is 6.16 Å². The molecule has 4 aromatic carbocycles. The molecular weight excluding hydrogens is 617 g/mol. The smallest absolute Gasteiger partial charge is 0.0195 e. The van der Waals surface area contributed by atoms with E-state index in [0.717, 1.165) is 6.42 Å². The molecule has 0 aliphatic carbocycles. The first kappa shape index (κ1) is 26.8. The maximum atomic E-state index is 3.00. The Morgan fingerprint density at radius 2 is 0.879 bits per heavy atom. The molecule has 0 N–H and O–H groups in total. The van der Waals surface area contributed by atoms with Crippen LogP contribution in [0.3, 0.4) is 0 Å². The second kappa shape index (κ2) is 16.0. The zero-order chi connectivity index (χ0) is 23.1. The Bertz CT molecular complexity index is 855. The van der Waals surface area contributed by atoms with Gasteiger partial charge >= 0.3 is 39.3 Å². The van der Waals surface area contributed by atoms with Gasteiger partial charge in [-0.05, 0) is 24.7 Å². The van der Waals surface area contributed by atoms with Crippen LogP contribution in [0.1, 0.15) is 12.8 Å². The molecule has 0 nitrogen and oxygen atoms in total. The van der Waals surface area contributed by atoms with Crippen LogP contribution < -0.4 is 21.2 Å². The number of halogens is 2. The molecule has 0 heterocycles. The molecule has 0 fully saturated rings. The van der Waals surface area contributed by atoms with Gasteiger partial charge in [0.15, 0.2) is 0 Å². The molecule has 0 saturated carbocycles. The van der Waals surface area contributed by atoms with Crippen LogP contribution in [-0.2, 0) is 10.9 Å². The molecule has 0 atom stereocenters. The van der Waals surface area contributed by atoms with Gasteiger partial charge in [0.25, 0.3) is 0 Å². The molecule has 0 bridgehead atoms. The van der Waals surface area contributed by atoms with Crippen LogP contribution in [0.4, 0.5) is 0 Å². The van der Waals surface area contributed by atoms with Gasteiger partial charge in [-0.2, -0.15) is 6.42 Å².